The molecule has 1 aromatic heterocycles. The lowest BCUT2D eigenvalue weighted by atomic mass is 9.87. The highest BCUT2D eigenvalue weighted by atomic mass is 32.2. The smallest absolute Gasteiger partial charge is 0.318 e. The van der Waals surface area contributed by atoms with Gasteiger partial charge in [-0.25, -0.2) is 4.79 Å². The van der Waals surface area contributed by atoms with E-state index in [1.165, 1.54) is 11.8 Å². The first-order valence-corrected chi connectivity index (χ1v) is 11.4. The second-order valence-electron chi connectivity index (χ2n) is 7.75. The van der Waals surface area contributed by atoms with Crippen molar-refractivity contribution in [2.75, 3.05) is 5.75 Å². The minimum Gasteiger partial charge on any atom is -0.318 e. The summed E-state index contributed by atoms with van der Waals surface area (Å²) in [5, 5.41) is 12.4. The number of hydrazine groups is 1. The van der Waals surface area contributed by atoms with Gasteiger partial charge >= 0.3 is 6.03 Å². The zero-order valence-corrected chi connectivity index (χ0v) is 19.3. The number of aromatic nitrogens is 3. The molecule has 1 atom stereocenters. The average molecular weight is 465 g/mol. The Hall–Kier alpha value is -3.66. The van der Waals surface area contributed by atoms with E-state index in [1.807, 2.05) is 51.2 Å². The molecule has 0 aliphatic carbocycles. The fourth-order valence-electron chi connectivity index (χ4n) is 3.80. The monoisotopic (exact) mass is 464 g/mol. The van der Waals surface area contributed by atoms with Gasteiger partial charge in [0.25, 0.3) is 5.91 Å². The molecule has 2 N–H and O–H groups in total. The van der Waals surface area contributed by atoms with Crippen molar-refractivity contribution in [3.63, 3.8) is 0 Å². The Morgan fingerprint density at radius 2 is 1.88 bits per heavy atom. The summed E-state index contributed by atoms with van der Waals surface area (Å²) in [5.41, 5.74) is 3.93. The first kappa shape index (κ1) is 22.5. The number of imide groups is 1. The fourth-order valence-corrected chi connectivity index (χ4v) is 4.51. The summed E-state index contributed by atoms with van der Waals surface area (Å²) < 4.78 is 1.80. The van der Waals surface area contributed by atoms with Crippen LogP contribution in [0.15, 0.2) is 59.8 Å². The van der Waals surface area contributed by atoms with Crippen molar-refractivity contribution in [3.8, 4) is 11.4 Å². The van der Waals surface area contributed by atoms with E-state index < -0.39 is 23.4 Å². The molecule has 0 radical (unpaired) electrons. The van der Waals surface area contributed by atoms with Crippen molar-refractivity contribution < 1.29 is 14.4 Å². The highest BCUT2D eigenvalue weighted by Gasteiger charge is 2.52. The van der Waals surface area contributed by atoms with E-state index in [1.54, 1.807) is 28.8 Å². The topological polar surface area (TPSA) is 109 Å². The van der Waals surface area contributed by atoms with Gasteiger partial charge in [0.05, 0.1) is 5.75 Å². The molecule has 1 fully saturated rings. The van der Waals surface area contributed by atoms with Crippen LogP contribution in [0.25, 0.3) is 11.4 Å². The van der Waals surface area contributed by atoms with Crippen LogP contribution in [-0.2, 0) is 22.2 Å². The number of benzene rings is 2. The summed E-state index contributed by atoms with van der Waals surface area (Å²) in [6, 6.07) is 16.2. The number of rotatable bonds is 7. The maximum atomic E-state index is 13.1. The van der Waals surface area contributed by atoms with Gasteiger partial charge in [-0.15, -0.1) is 10.2 Å². The van der Waals surface area contributed by atoms with Gasteiger partial charge in [-0.2, -0.15) is 5.01 Å². The molecule has 170 valence electrons. The van der Waals surface area contributed by atoms with Crippen molar-refractivity contribution in [2.45, 2.75) is 31.0 Å². The van der Waals surface area contributed by atoms with Gasteiger partial charge < -0.3 is 9.88 Å². The van der Waals surface area contributed by atoms with Crippen LogP contribution in [0.2, 0.25) is 0 Å². The van der Waals surface area contributed by atoms with Crippen LogP contribution in [-0.4, -0.2) is 43.4 Å². The minimum absolute atomic E-state index is 0.0404. The average Bonchev–Trinajstić information content (AvgIpc) is 3.30. The number of urea groups is 1. The highest BCUT2D eigenvalue weighted by molar-refractivity contribution is 7.99. The molecule has 1 saturated heterocycles. The zero-order valence-electron chi connectivity index (χ0n) is 18.5. The van der Waals surface area contributed by atoms with Crippen LogP contribution < -0.4 is 10.7 Å². The molecule has 3 aromatic rings. The molecular formula is C23H24N6O3S. The van der Waals surface area contributed by atoms with Gasteiger partial charge in [-0.05, 0) is 25.0 Å². The van der Waals surface area contributed by atoms with Gasteiger partial charge in [0, 0.05) is 12.6 Å². The van der Waals surface area contributed by atoms with Crippen molar-refractivity contribution in [3.05, 3.63) is 65.7 Å². The highest BCUT2D eigenvalue weighted by Crippen LogP contribution is 2.31. The number of aryl methyl sites for hydroxylation is 1. The Bertz CT molecular complexity index is 1210. The van der Waals surface area contributed by atoms with Gasteiger partial charge in [0.1, 0.15) is 5.54 Å². The van der Waals surface area contributed by atoms with E-state index in [9.17, 15) is 14.4 Å². The first-order valence-electron chi connectivity index (χ1n) is 10.5. The van der Waals surface area contributed by atoms with Gasteiger partial charge in [0.2, 0.25) is 5.91 Å². The molecule has 4 rings (SSSR count). The van der Waals surface area contributed by atoms with Crippen LogP contribution in [0.5, 0.6) is 0 Å². The molecule has 2 aromatic carbocycles. The summed E-state index contributed by atoms with van der Waals surface area (Å²) in [6.07, 6.45) is 0.351. The number of carbonyl (C=O) groups excluding carboxylic acids is 3. The molecule has 33 heavy (non-hydrogen) atoms. The molecule has 10 heteroatoms. The molecule has 9 nitrogen and oxygen atoms in total. The maximum Gasteiger partial charge on any atom is 0.344 e. The Morgan fingerprint density at radius 1 is 1.12 bits per heavy atom. The number of nitrogens with one attached hydrogen (secondary N) is 2. The van der Waals surface area contributed by atoms with Gasteiger partial charge in [-0.1, -0.05) is 72.8 Å². The standard InChI is InChI=1S/C23H24N6O3S/c1-4-23(17-11-6-5-7-12-17)20(31)29(21(32)24-23)27-18(30)14-33-22-26-25-19(28(22)3)16-10-8-9-15(2)13-16/h5-13H,4,14H2,1-3H3,(H,24,32)(H,27,30). The molecule has 0 spiro atoms. The molecular weight excluding hydrogens is 440 g/mol. The van der Waals surface area contributed by atoms with Crippen molar-refractivity contribution >= 4 is 29.6 Å². The number of carbonyl (C=O) groups is 3. The molecule has 1 aliphatic heterocycles. The quantitative estimate of drug-likeness (QED) is 0.411. The lowest BCUT2D eigenvalue weighted by Crippen LogP contribution is -2.49. The van der Waals surface area contributed by atoms with Crippen LogP contribution in [0, 0.1) is 6.92 Å². The third-order valence-corrected chi connectivity index (χ3v) is 6.59. The van der Waals surface area contributed by atoms with E-state index in [2.05, 4.69) is 20.9 Å². The summed E-state index contributed by atoms with van der Waals surface area (Å²) in [7, 11) is 1.82. The lowest BCUT2D eigenvalue weighted by Gasteiger charge is -2.25. The predicted octanol–water partition coefficient (Wildman–Crippen LogP) is 2.77. The summed E-state index contributed by atoms with van der Waals surface area (Å²) in [4.78, 5) is 38.2. The zero-order chi connectivity index (χ0) is 23.6. The lowest BCUT2D eigenvalue weighted by molar-refractivity contribution is -0.138. The number of nitrogens with zero attached hydrogens (tertiary/aromatic N) is 4. The van der Waals surface area contributed by atoms with Crippen LogP contribution in [0.3, 0.4) is 0 Å². The molecule has 1 unspecified atom stereocenters. The number of thioether (sulfide) groups is 1. The van der Waals surface area contributed by atoms with E-state index >= 15 is 0 Å². The van der Waals surface area contributed by atoms with Crippen LogP contribution in [0.4, 0.5) is 4.79 Å². The minimum atomic E-state index is -1.20. The van der Waals surface area contributed by atoms with E-state index in [4.69, 9.17) is 0 Å². The first-order chi connectivity index (χ1) is 15.9. The second kappa shape index (κ2) is 9.07. The second-order valence-corrected chi connectivity index (χ2v) is 8.70. The van der Waals surface area contributed by atoms with Crippen molar-refractivity contribution in [1.82, 2.24) is 30.5 Å². The van der Waals surface area contributed by atoms with Crippen LogP contribution in [0.1, 0.15) is 24.5 Å². The predicted molar refractivity (Wildman–Crippen MR) is 124 cm³/mol. The summed E-state index contributed by atoms with van der Waals surface area (Å²) in [5.74, 6) is -0.365. The number of amides is 4. The molecule has 0 saturated carbocycles. The molecule has 2 heterocycles. The Labute approximate surface area is 195 Å². The van der Waals surface area contributed by atoms with E-state index in [0.717, 1.165) is 16.1 Å². The molecule has 4 amide bonds. The Balaban J connectivity index is 1.43. The van der Waals surface area contributed by atoms with Gasteiger partial charge in [-0.3, -0.25) is 15.0 Å². The third kappa shape index (κ3) is 4.21. The number of hydrogen-bond donors (Lipinski definition) is 2. The summed E-state index contributed by atoms with van der Waals surface area (Å²) in [6.45, 7) is 3.81. The summed E-state index contributed by atoms with van der Waals surface area (Å²) >= 11 is 1.17. The normalized spacial score (nSPS) is 17.8. The Morgan fingerprint density at radius 3 is 2.58 bits per heavy atom. The SMILES string of the molecule is CCC1(c2ccccc2)NC(=O)N(NC(=O)CSc2nnc(-c3cccc(C)c3)n2C)C1=O. The number of hydrogen-bond acceptors (Lipinski definition) is 6. The Kier molecular flexibility index (Phi) is 6.19. The maximum absolute atomic E-state index is 13.1. The van der Waals surface area contributed by atoms with Gasteiger partial charge in [0.15, 0.2) is 11.0 Å². The molecule has 0 bridgehead atoms. The van der Waals surface area contributed by atoms with Crippen molar-refractivity contribution in [1.29, 1.82) is 0 Å². The van der Waals surface area contributed by atoms with E-state index in [-0.39, 0.29) is 5.75 Å². The van der Waals surface area contributed by atoms with Crippen LogP contribution >= 0.6 is 11.8 Å². The van der Waals surface area contributed by atoms with Crippen molar-refractivity contribution in [2.24, 2.45) is 7.05 Å². The third-order valence-electron chi connectivity index (χ3n) is 5.57. The fraction of sp³-hybridized carbons (Fsp3) is 0.261. The van der Waals surface area contributed by atoms with E-state index in [0.29, 0.717) is 23.0 Å². The molecule has 1 aliphatic rings. The largest absolute Gasteiger partial charge is 0.344 e.